The average molecular weight is 289 g/mol. The molecule has 4 heteroatoms. The summed E-state index contributed by atoms with van der Waals surface area (Å²) in [5.74, 6) is 1.23. The first-order valence-corrected chi connectivity index (χ1v) is 7.64. The Labute approximate surface area is 125 Å². The molecular formula is C17H23NO3. The van der Waals surface area contributed by atoms with Gasteiger partial charge < -0.3 is 14.3 Å². The van der Waals surface area contributed by atoms with Crippen LogP contribution in [0.5, 0.6) is 0 Å². The summed E-state index contributed by atoms with van der Waals surface area (Å²) in [5, 5.41) is 11.5. The first-order chi connectivity index (χ1) is 10.3. The van der Waals surface area contributed by atoms with Crippen LogP contribution in [0.25, 0.3) is 11.0 Å². The molecule has 0 radical (unpaired) electrons. The van der Waals surface area contributed by atoms with Gasteiger partial charge in [-0.1, -0.05) is 18.2 Å². The first-order valence-electron chi connectivity index (χ1n) is 7.64. The molecule has 2 heterocycles. The van der Waals surface area contributed by atoms with Crippen LogP contribution >= 0.6 is 0 Å². The summed E-state index contributed by atoms with van der Waals surface area (Å²) in [4.78, 5) is 2.31. The number of methoxy groups -OCH3 is 1. The number of aliphatic hydroxyl groups excluding tert-OH is 1. The molecule has 0 aliphatic carbocycles. The minimum atomic E-state index is -0.571. The summed E-state index contributed by atoms with van der Waals surface area (Å²) in [7, 11) is 1.75. The molecule has 1 aromatic carbocycles. The smallest absolute Gasteiger partial charge is 0.135 e. The predicted octanol–water partition coefficient (Wildman–Crippen LogP) is 2.82. The number of likely N-dealkylation sites (tertiary alicyclic amines) is 1. The number of furan rings is 1. The number of aliphatic hydroxyl groups is 1. The third kappa shape index (κ3) is 3.46. The van der Waals surface area contributed by atoms with Crippen molar-refractivity contribution >= 4 is 11.0 Å². The van der Waals surface area contributed by atoms with Crippen molar-refractivity contribution in [1.82, 2.24) is 4.90 Å². The quantitative estimate of drug-likeness (QED) is 0.919. The number of nitrogens with zero attached hydrogens (tertiary/aromatic N) is 1. The lowest BCUT2D eigenvalue weighted by atomic mass is 9.98. The summed E-state index contributed by atoms with van der Waals surface area (Å²) in [5.41, 5.74) is 0.836. The number of rotatable bonds is 5. The summed E-state index contributed by atoms with van der Waals surface area (Å²) >= 11 is 0. The maximum Gasteiger partial charge on any atom is 0.135 e. The zero-order chi connectivity index (χ0) is 14.7. The highest BCUT2D eigenvalue weighted by molar-refractivity contribution is 5.77. The van der Waals surface area contributed by atoms with Gasteiger partial charge in [0.1, 0.15) is 17.4 Å². The maximum atomic E-state index is 10.4. The van der Waals surface area contributed by atoms with E-state index in [1.807, 2.05) is 30.3 Å². The summed E-state index contributed by atoms with van der Waals surface area (Å²) in [6, 6.07) is 9.80. The number of para-hydroxylation sites is 1. The van der Waals surface area contributed by atoms with Gasteiger partial charge in [0.15, 0.2) is 0 Å². The second kappa shape index (κ2) is 6.60. The second-order valence-corrected chi connectivity index (χ2v) is 5.93. The Kier molecular flexibility index (Phi) is 4.58. The number of hydrogen-bond acceptors (Lipinski definition) is 4. The minimum absolute atomic E-state index is 0.571. The molecule has 21 heavy (non-hydrogen) atoms. The average Bonchev–Trinajstić information content (AvgIpc) is 2.92. The molecule has 114 valence electrons. The normalized spacial score (nSPS) is 21.7. The second-order valence-electron chi connectivity index (χ2n) is 5.93. The maximum absolute atomic E-state index is 10.4. The van der Waals surface area contributed by atoms with Crippen molar-refractivity contribution in [2.45, 2.75) is 18.9 Å². The van der Waals surface area contributed by atoms with Crippen molar-refractivity contribution in [3.05, 3.63) is 36.1 Å². The van der Waals surface area contributed by atoms with Gasteiger partial charge in [-0.25, -0.2) is 0 Å². The largest absolute Gasteiger partial charge is 0.458 e. The van der Waals surface area contributed by atoms with E-state index in [9.17, 15) is 5.11 Å². The zero-order valence-corrected chi connectivity index (χ0v) is 12.5. The Hall–Kier alpha value is -1.36. The SMILES string of the molecule is COCC1CCCN(CC(O)c2cc3ccccc3o2)C1. The van der Waals surface area contributed by atoms with Gasteiger partial charge in [-0.05, 0) is 37.4 Å². The fraction of sp³-hybridized carbons (Fsp3) is 0.529. The van der Waals surface area contributed by atoms with Gasteiger partial charge >= 0.3 is 0 Å². The van der Waals surface area contributed by atoms with Crippen molar-refractivity contribution in [2.75, 3.05) is 33.4 Å². The molecule has 1 N–H and O–H groups in total. The molecule has 4 nitrogen and oxygen atoms in total. The zero-order valence-electron chi connectivity index (χ0n) is 12.5. The van der Waals surface area contributed by atoms with Crippen molar-refractivity contribution in [3.63, 3.8) is 0 Å². The fourth-order valence-corrected chi connectivity index (χ4v) is 3.19. The highest BCUT2D eigenvalue weighted by Crippen LogP contribution is 2.25. The molecule has 2 aromatic rings. The molecule has 1 fully saturated rings. The number of ether oxygens (including phenoxy) is 1. The Balaban J connectivity index is 1.63. The van der Waals surface area contributed by atoms with Crippen molar-refractivity contribution in [2.24, 2.45) is 5.92 Å². The van der Waals surface area contributed by atoms with Gasteiger partial charge in [0.25, 0.3) is 0 Å². The molecule has 0 saturated carbocycles. The third-order valence-electron chi connectivity index (χ3n) is 4.21. The van der Waals surface area contributed by atoms with Crippen LogP contribution in [0.4, 0.5) is 0 Å². The van der Waals surface area contributed by atoms with Crippen molar-refractivity contribution < 1.29 is 14.3 Å². The predicted molar refractivity (Wildman–Crippen MR) is 82.2 cm³/mol. The molecule has 0 spiro atoms. The number of benzene rings is 1. The summed E-state index contributed by atoms with van der Waals surface area (Å²) < 4.78 is 11.0. The van der Waals surface area contributed by atoms with E-state index >= 15 is 0 Å². The van der Waals surface area contributed by atoms with Crippen LogP contribution in [-0.2, 0) is 4.74 Å². The lowest BCUT2D eigenvalue weighted by Gasteiger charge is -2.33. The summed E-state index contributed by atoms with van der Waals surface area (Å²) in [6.45, 7) is 3.46. The standard InChI is InChI=1S/C17H23NO3/c1-20-12-13-5-4-8-18(10-13)11-15(19)17-9-14-6-2-3-7-16(14)21-17/h2-3,6-7,9,13,15,19H,4-5,8,10-12H2,1H3. The fourth-order valence-electron chi connectivity index (χ4n) is 3.19. The Morgan fingerprint density at radius 3 is 3.10 bits per heavy atom. The highest BCUT2D eigenvalue weighted by atomic mass is 16.5. The molecule has 2 unspecified atom stereocenters. The molecule has 1 aliphatic rings. The van der Waals surface area contributed by atoms with Gasteiger partial charge in [-0.2, -0.15) is 0 Å². The number of hydrogen-bond donors (Lipinski definition) is 1. The molecule has 2 atom stereocenters. The van der Waals surface area contributed by atoms with E-state index in [1.165, 1.54) is 12.8 Å². The molecule has 1 aliphatic heterocycles. The number of piperidine rings is 1. The van der Waals surface area contributed by atoms with Gasteiger partial charge in [-0.15, -0.1) is 0 Å². The van der Waals surface area contributed by atoms with E-state index in [4.69, 9.17) is 9.15 Å². The van der Waals surface area contributed by atoms with Crippen molar-refractivity contribution in [1.29, 1.82) is 0 Å². The van der Waals surface area contributed by atoms with E-state index in [1.54, 1.807) is 7.11 Å². The van der Waals surface area contributed by atoms with Gasteiger partial charge in [0, 0.05) is 25.6 Å². The van der Waals surface area contributed by atoms with Crippen LogP contribution in [0.15, 0.2) is 34.7 Å². The lowest BCUT2D eigenvalue weighted by Crippen LogP contribution is -2.39. The van der Waals surface area contributed by atoms with Crippen LogP contribution in [0.3, 0.4) is 0 Å². The van der Waals surface area contributed by atoms with Gasteiger partial charge in [0.2, 0.25) is 0 Å². The monoisotopic (exact) mass is 289 g/mol. The Bertz CT molecular complexity index is 545. The number of β-amino-alcohol motifs (C(OH)–C–C–N with tert-alkyl or cyclic N) is 1. The lowest BCUT2D eigenvalue weighted by molar-refractivity contribution is 0.0493. The van der Waals surface area contributed by atoms with E-state index in [-0.39, 0.29) is 0 Å². The topological polar surface area (TPSA) is 45.8 Å². The van der Waals surface area contributed by atoms with Crippen LogP contribution in [0, 0.1) is 5.92 Å². The van der Waals surface area contributed by atoms with Crippen molar-refractivity contribution in [3.8, 4) is 0 Å². The third-order valence-corrected chi connectivity index (χ3v) is 4.21. The molecule has 1 aromatic heterocycles. The Morgan fingerprint density at radius 1 is 1.43 bits per heavy atom. The van der Waals surface area contributed by atoms with E-state index in [0.29, 0.717) is 18.2 Å². The first kappa shape index (κ1) is 14.6. The molecule has 0 bridgehead atoms. The van der Waals surface area contributed by atoms with Gasteiger partial charge in [-0.3, -0.25) is 4.90 Å². The van der Waals surface area contributed by atoms with Crippen LogP contribution < -0.4 is 0 Å². The van der Waals surface area contributed by atoms with E-state index < -0.39 is 6.10 Å². The molecule has 1 saturated heterocycles. The van der Waals surface area contributed by atoms with E-state index in [0.717, 1.165) is 30.7 Å². The van der Waals surface area contributed by atoms with Crippen LogP contribution in [0.2, 0.25) is 0 Å². The number of fused-ring (bicyclic) bond motifs is 1. The summed E-state index contributed by atoms with van der Waals surface area (Å²) in [6.07, 6.45) is 1.81. The highest BCUT2D eigenvalue weighted by Gasteiger charge is 2.23. The molecule has 3 rings (SSSR count). The molecular weight excluding hydrogens is 266 g/mol. The van der Waals surface area contributed by atoms with Crippen LogP contribution in [-0.4, -0.2) is 43.4 Å². The molecule has 0 amide bonds. The van der Waals surface area contributed by atoms with Crippen LogP contribution in [0.1, 0.15) is 24.7 Å². The Morgan fingerprint density at radius 2 is 2.29 bits per heavy atom. The van der Waals surface area contributed by atoms with Gasteiger partial charge in [0.05, 0.1) is 6.61 Å². The van der Waals surface area contributed by atoms with E-state index in [2.05, 4.69) is 4.90 Å². The minimum Gasteiger partial charge on any atom is -0.458 e.